The fraction of sp³-hybridized carbons (Fsp3) is 0.308. The van der Waals surface area contributed by atoms with Crippen molar-refractivity contribution in [3.8, 4) is 0 Å². The van der Waals surface area contributed by atoms with Crippen molar-refractivity contribution in [3.63, 3.8) is 0 Å². The predicted molar refractivity (Wildman–Crippen MR) is 272 cm³/mol. The van der Waals surface area contributed by atoms with Gasteiger partial charge in [-0.1, -0.05) is 51.3 Å². The van der Waals surface area contributed by atoms with E-state index in [9.17, 15) is 91.7 Å². The van der Waals surface area contributed by atoms with Crippen molar-refractivity contribution in [3.05, 3.63) is 182 Å². The summed E-state index contributed by atoms with van der Waals surface area (Å²) in [5.41, 5.74) is -7.83. The number of hydrogen-bond acceptors (Lipinski definition) is 5. The summed E-state index contributed by atoms with van der Waals surface area (Å²) in [6, 6.07) is 28.3. The highest BCUT2D eigenvalue weighted by Crippen LogP contribution is 2.40. The molecule has 1 heterocycles. The third kappa shape index (κ3) is 22.8. The summed E-state index contributed by atoms with van der Waals surface area (Å²) < 4.78 is 265. The molecule has 6 aromatic rings. The van der Waals surface area contributed by atoms with Gasteiger partial charge in [-0.25, -0.2) is 4.21 Å². The molecule has 28 heteroatoms. The van der Waals surface area contributed by atoms with Crippen LogP contribution in [0, 0.1) is 20.8 Å². The standard InChI is InChI=1S/C22H17F6S.C14H11F3OS.C8H3BrF6.C4H9F3O3SSi.C4H8O/c1-14-3-7-18(8-4-14)29(19-9-5-16(6-10-19)21(23,24)25)20-12-15(2)11-17(13-20)22(26,27)28;1-10-2-6-12(7-3-10)19(18)13-8-4-11(5-9-13)14(15,16)17;9-6-2-4(7(10,11)12)1-5(3-6)8(13,14)15;1-12(2,3)10-11(8,9)4(5,6)7;1-2-4-5-3-1/h3-13H,1-2H3;2-9H,1H3;1-3H;1-3H3;1-4H2/q+1;;;;. The molecule has 2 unspecified atom stereocenters. The van der Waals surface area contributed by atoms with Gasteiger partial charge < -0.3 is 8.61 Å². The monoisotopic (exact) mass is 1300 g/mol. The van der Waals surface area contributed by atoms with Gasteiger partial charge in [0.25, 0.3) is 0 Å². The van der Waals surface area contributed by atoms with E-state index in [1.54, 1.807) is 37.3 Å². The van der Waals surface area contributed by atoms with Gasteiger partial charge in [0.05, 0.1) is 49.5 Å². The van der Waals surface area contributed by atoms with Crippen LogP contribution in [0.25, 0.3) is 0 Å². The number of halogens is 19. The van der Waals surface area contributed by atoms with Crippen LogP contribution in [0.1, 0.15) is 57.3 Å². The molecular weight excluding hydrogens is 1250 g/mol. The molecule has 0 bridgehead atoms. The van der Waals surface area contributed by atoms with Gasteiger partial charge in [0.1, 0.15) is 0 Å². The van der Waals surface area contributed by atoms with Gasteiger partial charge in [0.15, 0.2) is 14.7 Å². The first-order valence-corrected chi connectivity index (χ1v) is 30.7. The number of rotatable bonds is 7. The molecule has 1 aliphatic rings. The van der Waals surface area contributed by atoms with E-state index in [4.69, 9.17) is 4.74 Å². The zero-order chi connectivity index (χ0) is 61.0. The molecule has 0 N–H and O–H groups in total. The van der Waals surface area contributed by atoms with Crippen molar-refractivity contribution in [2.45, 2.75) is 114 Å². The third-order valence-corrected chi connectivity index (χ3v) is 17.4. The minimum atomic E-state index is -5.39. The quantitative estimate of drug-likeness (QED) is 0.0689. The van der Waals surface area contributed by atoms with Gasteiger partial charge in [-0.05, 0) is 162 Å². The Balaban J connectivity index is 0.000000286. The molecule has 1 fully saturated rings. The summed E-state index contributed by atoms with van der Waals surface area (Å²) in [6.07, 6.45) is -20.4. The van der Waals surface area contributed by atoms with Crippen LogP contribution in [0.2, 0.25) is 19.6 Å². The van der Waals surface area contributed by atoms with E-state index in [1.165, 1.54) is 56.7 Å². The Morgan fingerprint density at radius 2 is 0.800 bits per heavy atom. The molecule has 0 aromatic heterocycles. The number of alkyl halides is 18. The van der Waals surface area contributed by atoms with Crippen LogP contribution >= 0.6 is 15.9 Å². The highest BCUT2D eigenvalue weighted by atomic mass is 79.9. The Bertz CT molecular complexity index is 3020. The largest absolute Gasteiger partial charge is 0.522 e. The fourth-order valence-electron chi connectivity index (χ4n) is 6.26. The highest BCUT2D eigenvalue weighted by molar-refractivity contribution is 9.10. The molecule has 5 nitrogen and oxygen atoms in total. The molecule has 80 heavy (non-hydrogen) atoms. The molecule has 0 saturated carbocycles. The van der Waals surface area contributed by atoms with Crippen LogP contribution in [0.3, 0.4) is 0 Å². The molecule has 2 atom stereocenters. The lowest BCUT2D eigenvalue weighted by Crippen LogP contribution is -2.36. The SMILES string of the molecule is C1CCOC1.C[Si](C)(C)OS(=O)(=O)C(F)(F)F.Cc1ccc(S(=O)c2ccc(C(F)(F)F)cc2)cc1.Cc1ccc([S+](c2ccc(C(F)(F)F)cc2)c2cc(C)cc(C(F)(F)F)c2)cc1.FC(F)(F)c1cc(Br)cc(C(F)(F)F)c1. The van der Waals surface area contributed by atoms with E-state index < -0.39 is 104 Å². The second kappa shape index (κ2) is 27.9. The van der Waals surface area contributed by atoms with Crippen LogP contribution in [-0.4, -0.2) is 39.7 Å². The first-order valence-electron chi connectivity index (χ1n) is 22.8. The van der Waals surface area contributed by atoms with Crippen LogP contribution in [0.15, 0.2) is 162 Å². The van der Waals surface area contributed by atoms with E-state index in [2.05, 4.69) is 19.8 Å². The van der Waals surface area contributed by atoms with E-state index in [1.807, 2.05) is 38.1 Å². The molecule has 0 spiro atoms. The number of ether oxygens (including phenoxy) is 1. The molecule has 1 aliphatic heterocycles. The molecule has 1 saturated heterocycles. The molecule has 0 amide bonds. The van der Waals surface area contributed by atoms with E-state index in [-0.39, 0.29) is 10.5 Å². The Morgan fingerprint density at radius 1 is 0.463 bits per heavy atom. The number of benzene rings is 6. The summed E-state index contributed by atoms with van der Waals surface area (Å²) in [4.78, 5) is 2.58. The fourth-order valence-corrected chi connectivity index (χ4v) is 13.0. The minimum absolute atomic E-state index is 0.0742. The average Bonchev–Trinajstić information content (AvgIpc) is 3.92. The Labute approximate surface area is 463 Å². The Hall–Kier alpha value is -4.87. The second-order valence-corrected chi connectivity index (χ2v) is 28.6. The van der Waals surface area contributed by atoms with Crippen molar-refractivity contribution < 1.29 is 100 Å². The number of hydrogen-bond donors (Lipinski definition) is 0. The van der Waals surface area contributed by atoms with Crippen molar-refractivity contribution in [2.75, 3.05) is 13.2 Å². The lowest BCUT2D eigenvalue weighted by molar-refractivity contribution is -0.143. The van der Waals surface area contributed by atoms with Gasteiger partial charge in [-0.3, -0.25) is 0 Å². The van der Waals surface area contributed by atoms with Gasteiger partial charge in [-0.2, -0.15) is 87.4 Å². The van der Waals surface area contributed by atoms with E-state index in [0.29, 0.717) is 37.3 Å². The maximum atomic E-state index is 13.3. The van der Waals surface area contributed by atoms with Gasteiger partial charge in [0.2, 0.25) is 8.32 Å². The summed E-state index contributed by atoms with van der Waals surface area (Å²) in [5.74, 6) is 0. The molecule has 0 radical (unpaired) electrons. The zero-order valence-electron chi connectivity index (χ0n) is 42.5. The number of aryl methyl sites for hydroxylation is 3. The van der Waals surface area contributed by atoms with Crippen LogP contribution in [0.5, 0.6) is 0 Å². The maximum absolute atomic E-state index is 13.3. The normalized spacial score (nSPS) is 14.2. The third-order valence-electron chi connectivity index (χ3n) is 9.94. The van der Waals surface area contributed by atoms with Crippen molar-refractivity contribution >= 4 is 56.1 Å². The van der Waals surface area contributed by atoms with E-state index in [0.717, 1.165) is 65.6 Å². The maximum Gasteiger partial charge on any atom is 0.522 e. The van der Waals surface area contributed by atoms with Crippen molar-refractivity contribution in [1.29, 1.82) is 0 Å². The van der Waals surface area contributed by atoms with Crippen molar-refractivity contribution in [1.82, 2.24) is 0 Å². The minimum Gasteiger partial charge on any atom is -0.381 e. The Kier molecular flexibility index (Phi) is 24.2. The van der Waals surface area contributed by atoms with Gasteiger partial charge in [-0.15, -0.1) is 0 Å². The summed E-state index contributed by atoms with van der Waals surface area (Å²) in [7, 11) is -10.5. The molecule has 0 aliphatic carbocycles. The smallest absolute Gasteiger partial charge is 0.381 e. The topological polar surface area (TPSA) is 69.7 Å². The molecular formula is C52H48BrF18O5S3Si+. The molecule has 7 rings (SSSR count). The lowest BCUT2D eigenvalue weighted by atomic mass is 10.1. The second-order valence-electron chi connectivity index (χ2n) is 17.9. The first-order chi connectivity index (χ1) is 36.4. The summed E-state index contributed by atoms with van der Waals surface area (Å²) in [6.45, 7) is 11.4. The van der Waals surface area contributed by atoms with Gasteiger partial charge >= 0.3 is 46.5 Å². The van der Waals surface area contributed by atoms with E-state index >= 15 is 0 Å². The average molecular weight is 1300 g/mol. The predicted octanol–water partition coefficient (Wildman–Crippen LogP) is 18.6. The van der Waals surface area contributed by atoms with Crippen molar-refractivity contribution in [2.24, 2.45) is 0 Å². The molecule has 6 aromatic carbocycles. The van der Waals surface area contributed by atoms with Crippen LogP contribution in [-0.2, 0) is 71.3 Å². The van der Waals surface area contributed by atoms with Crippen LogP contribution < -0.4 is 0 Å². The first kappa shape index (κ1) is 69.4. The lowest BCUT2D eigenvalue weighted by Gasteiger charge is -2.17. The highest BCUT2D eigenvalue weighted by Gasteiger charge is 2.49. The summed E-state index contributed by atoms with van der Waals surface area (Å²) >= 11 is 2.60. The van der Waals surface area contributed by atoms with Crippen LogP contribution in [0.4, 0.5) is 79.0 Å². The zero-order valence-corrected chi connectivity index (χ0v) is 47.5. The van der Waals surface area contributed by atoms with Gasteiger partial charge in [0, 0.05) is 33.5 Å². The molecule has 440 valence electrons. The summed E-state index contributed by atoms with van der Waals surface area (Å²) in [5, 5.41) is 0. The Morgan fingerprint density at radius 3 is 1.12 bits per heavy atom.